The predicted molar refractivity (Wildman–Crippen MR) is 94.0 cm³/mol. The molecule has 2 rings (SSSR count). The van der Waals surface area contributed by atoms with E-state index in [0.29, 0.717) is 11.6 Å². The molecule has 0 amide bonds. The summed E-state index contributed by atoms with van der Waals surface area (Å²) in [5, 5.41) is 11.0. The van der Waals surface area contributed by atoms with Crippen LogP contribution in [0.5, 0.6) is 5.75 Å². The van der Waals surface area contributed by atoms with Crippen molar-refractivity contribution in [1.82, 2.24) is 10.2 Å². The zero-order chi connectivity index (χ0) is 17.6. The van der Waals surface area contributed by atoms with Gasteiger partial charge in [0.2, 0.25) is 0 Å². The normalized spacial score (nSPS) is 11.1. The van der Waals surface area contributed by atoms with Gasteiger partial charge in [-0.05, 0) is 49.2 Å². The van der Waals surface area contributed by atoms with Gasteiger partial charge in [-0.2, -0.15) is 0 Å². The number of methoxy groups -OCH3 is 1. The fraction of sp³-hybridized carbons (Fsp3) is 0.375. The molecule has 0 aliphatic heterocycles. The molecule has 1 aromatic heterocycles. The van der Waals surface area contributed by atoms with Crippen LogP contribution in [0.4, 0.5) is 11.6 Å². The number of nitrogens with zero attached hydrogens (tertiary/aromatic N) is 2. The van der Waals surface area contributed by atoms with Crippen LogP contribution in [0.15, 0.2) is 35.2 Å². The first kappa shape index (κ1) is 18.0. The summed E-state index contributed by atoms with van der Waals surface area (Å²) in [5.41, 5.74) is 0.738. The fourth-order valence-electron chi connectivity index (χ4n) is 2.09. The van der Waals surface area contributed by atoms with Crippen molar-refractivity contribution in [3.05, 3.63) is 35.9 Å². The number of aryl methyl sites for hydroxylation is 1. The SMILES string of the molecule is CCCCNc1ccc(NS(=O)(=O)c2ccc(OC)c(C)c2)nn1. The highest BCUT2D eigenvalue weighted by Gasteiger charge is 2.16. The molecule has 7 nitrogen and oxygen atoms in total. The summed E-state index contributed by atoms with van der Waals surface area (Å²) in [5.74, 6) is 1.42. The largest absolute Gasteiger partial charge is 0.496 e. The number of hydrogen-bond acceptors (Lipinski definition) is 6. The van der Waals surface area contributed by atoms with E-state index >= 15 is 0 Å². The summed E-state index contributed by atoms with van der Waals surface area (Å²) in [7, 11) is -2.18. The maximum absolute atomic E-state index is 12.4. The summed E-state index contributed by atoms with van der Waals surface area (Å²) in [6, 6.07) is 7.93. The molecule has 8 heteroatoms. The number of anilines is 2. The van der Waals surface area contributed by atoms with Crippen molar-refractivity contribution in [2.45, 2.75) is 31.6 Å². The predicted octanol–water partition coefficient (Wildman–Crippen LogP) is 2.81. The quantitative estimate of drug-likeness (QED) is 0.711. The monoisotopic (exact) mass is 350 g/mol. The van der Waals surface area contributed by atoms with Crippen LogP contribution in [0, 0.1) is 6.92 Å². The maximum atomic E-state index is 12.4. The van der Waals surface area contributed by atoms with E-state index in [-0.39, 0.29) is 10.7 Å². The summed E-state index contributed by atoms with van der Waals surface area (Å²) in [6.45, 7) is 4.70. The van der Waals surface area contributed by atoms with Gasteiger partial charge in [0.25, 0.3) is 10.0 Å². The first-order valence-electron chi connectivity index (χ1n) is 7.71. The highest BCUT2D eigenvalue weighted by atomic mass is 32.2. The second-order valence-electron chi connectivity index (χ2n) is 5.32. The lowest BCUT2D eigenvalue weighted by Gasteiger charge is -2.10. The van der Waals surface area contributed by atoms with Crippen LogP contribution >= 0.6 is 0 Å². The van der Waals surface area contributed by atoms with Crippen molar-refractivity contribution in [2.75, 3.05) is 23.7 Å². The Hall–Kier alpha value is -2.35. The first-order valence-corrected chi connectivity index (χ1v) is 9.19. The van der Waals surface area contributed by atoms with Crippen LogP contribution < -0.4 is 14.8 Å². The minimum Gasteiger partial charge on any atom is -0.496 e. The molecule has 24 heavy (non-hydrogen) atoms. The van der Waals surface area contributed by atoms with Crippen molar-refractivity contribution >= 4 is 21.7 Å². The maximum Gasteiger partial charge on any atom is 0.263 e. The van der Waals surface area contributed by atoms with E-state index in [1.807, 2.05) is 0 Å². The average Bonchev–Trinajstić information content (AvgIpc) is 2.56. The summed E-state index contributed by atoms with van der Waals surface area (Å²) >= 11 is 0. The number of hydrogen-bond donors (Lipinski definition) is 2. The second kappa shape index (κ2) is 7.96. The summed E-state index contributed by atoms with van der Waals surface area (Å²) in [6.07, 6.45) is 2.12. The van der Waals surface area contributed by atoms with Crippen LogP contribution in [0.3, 0.4) is 0 Å². The molecule has 130 valence electrons. The lowest BCUT2D eigenvalue weighted by Crippen LogP contribution is -2.15. The molecule has 0 atom stereocenters. The third kappa shape index (κ3) is 4.58. The van der Waals surface area contributed by atoms with Gasteiger partial charge in [-0.15, -0.1) is 10.2 Å². The van der Waals surface area contributed by atoms with Gasteiger partial charge in [0, 0.05) is 6.54 Å². The lowest BCUT2D eigenvalue weighted by atomic mass is 10.2. The molecule has 2 N–H and O–H groups in total. The van der Waals surface area contributed by atoms with E-state index in [0.717, 1.165) is 24.9 Å². The number of ether oxygens (including phenoxy) is 1. The van der Waals surface area contributed by atoms with E-state index in [1.54, 1.807) is 38.3 Å². The zero-order valence-electron chi connectivity index (χ0n) is 14.0. The minimum atomic E-state index is -3.72. The molecular weight excluding hydrogens is 328 g/mol. The fourth-order valence-corrected chi connectivity index (χ4v) is 3.17. The number of unbranched alkanes of at least 4 members (excludes halogenated alkanes) is 1. The van der Waals surface area contributed by atoms with E-state index in [9.17, 15) is 8.42 Å². The Balaban J connectivity index is 2.10. The number of nitrogens with one attached hydrogen (secondary N) is 2. The van der Waals surface area contributed by atoms with Crippen LogP contribution in [0.2, 0.25) is 0 Å². The van der Waals surface area contributed by atoms with Gasteiger partial charge in [0.05, 0.1) is 12.0 Å². The topological polar surface area (TPSA) is 93.2 Å². The van der Waals surface area contributed by atoms with Gasteiger partial charge in [-0.25, -0.2) is 8.42 Å². The van der Waals surface area contributed by atoms with E-state index in [2.05, 4.69) is 27.2 Å². The first-order chi connectivity index (χ1) is 11.5. The molecule has 1 heterocycles. The number of sulfonamides is 1. The molecule has 0 spiro atoms. The van der Waals surface area contributed by atoms with Crippen molar-refractivity contribution in [3.8, 4) is 5.75 Å². The lowest BCUT2D eigenvalue weighted by molar-refractivity contribution is 0.411. The van der Waals surface area contributed by atoms with Crippen LogP contribution in [-0.4, -0.2) is 32.3 Å². The Bertz CT molecular complexity index is 776. The van der Waals surface area contributed by atoms with Crippen LogP contribution in [-0.2, 0) is 10.0 Å². The smallest absolute Gasteiger partial charge is 0.263 e. The van der Waals surface area contributed by atoms with Gasteiger partial charge in [0.15, 0.2) is 5.82 Å². The third-order valence-corrected chi connectivity index (χ3v) is 4.77. The molecule has 0 unspecified atom stereocenters. The van der Waals surface area contributed by atoms with Gasteiger partial charge >= 0.3 is 0 Å². The second-order valence-corrected chi connectivity index (χ2v) is 7.00. The Morgan fingerprint density at radius 3 is 2.42 bits per heavy atom. The molecule has 1 aromatic carbocycles. The Labute approximate surface area is 142 Å². The molecule has 0 saturated carbocycles. The van der Waals surface area contributed by atoms with Crippen molar-refractivity contribution < 1.29 is 13.2 Å². The van der Waals surface area contributed by atoms with Crippen molar-refractivity contribution in [3.63, 3.8) is 0 Å². The standard InChI is InChI=1S/C16H22N4O3S/c1-4-5-10-17-15-8-9-16(19-18-15)20-24(21,22)13-6-7-14(23-3)12(2)11-13/h6-9,11H,4-5,10H2,1-3H3,(H,17,18)(H,19,20). The molecular formula is C16H22N4O3S. The van der Waals surface area contributed by atoms with E-state index < -0.39 is 10.0 Å². The summed E-state index contributed by atoms with van der Waals surface area (Å²) < 4.78 is 32.4. The Morgan fingerprint density at radius 2 is 1.83 bits per heavy atom. The van der Waals surface area contributed by atoms with Crippen molar-refractivity contribution in [1.29, 1.82) is 0 Å². The van der Waals surface area contributed by atoms with Crippen LogP contribution in [0.1, 0.15) is 25.3 Å². The van der Waals surface area contributed by atoms with Gasteiger partial charge < -0.3 is 10.1 Å². The number of rotatable bonds is 8. The molecule has 0 bridgehead atoms. The van der Waals surface area contributed by atoms with E-state index in [1.165, 1.54) is 6.07 Å². The Kier molecular flexibility index (Phi) is 5.97. The third-order valence-electron chi connectivity index (χ3n) is 3.42. The van der Waals surface area contributed by atoms with Crippen molar-refractivity contribution in [2.24, 2.45) is 0 Å². The zero-order valence-corrected chi connectivity index (χ0v) is 14.9. The highest BCUT2D eigenvalue weighted by Crippen LogP contribution is 2.22. The molecule has 0 saturated heterocycles. The number of benzene rings is 1. The molecule has 0 aliphatic carbocycles. The Morgan fingerprint density at radius 1 is 1.12 bits per heavy atom. The minimum absolute atomic E-state index is 0.146. The van der Waals surface area contributed by atoms with Gasteiger partial charge in [-0.3, -0.25) is 4.72 Å². The van der Waals surface area contributed by atoms with Gasteiger partial charge in [-0.1, -0.05) is 13.3 Å². The van der Waals surface area contributed by atoms with Gasteiger partial charge in [0.1, 0.15) is 11.6 Å². The highest BCUT2D eigenvalue weighted by molar-refractivity contribution is 7.92. The molecule has 2 aromatic rings. The van der Waals surface area contributed by atoms with E-state index in [4.69, 9.17) is 4.74 Å². The number of aromatic nitrogens is 2. The molecule has 0 fully saturated rings. The molecule has 0 radical (unpaired) electrons. The molecule has 0 aliphatic rings. The van der Waals surface area contributed by atoms with Crippen LogP contribution in [0.25, 0.3) is 0 Å². The summed E-state index contributed by atoms with van der Waals surface area (Å²) in [4.78, 5) is 0.146. The average molecular weight is 350 g/mol.